The van der Waals surface area contributed by atoms with E-state index in [-0.39, 0.29) is 25.0 Å². The first-order valence-electron chi connectivity index (χ1n) is 8.19. The number of hydrogen-bond donors (Lipinski definition) is 1. The number of rotatable bonds is 4. The van der Waals surface area contributed by atoms with Gasteiger partial charge in [0.15, 0.2) is 17.3 Å². The van der Waals surface area contributed by atoms with Gasteiger partial charge in [0.25, 0.3) is 0 Å². The monoisotopic (exact) mass is 338 g/mol. The summed E-state index contributed by atoms with van der Waals surface area (Å²) in [5, 5.41) is 2.84. The van der Waals surface area contributed by atoms with Crippen LogP contribution in [0.4, 0.5) is 11.4 Å². The quantitative estimate of drug-likeness (QED) is 0.868. The summed E-state index contributed by atoms with van der Waals surface area (Å²) in [5.74, 6) is 0.752. The highest BCUT2D eigenvalue weighted by Crippen LogP contribution is 2.37. The molecule has 0 radical (unpaired) electrons. The van der Waals surface area contributed by atoms with Crippen LogP contribution in [-0.2, 0) is 11.2 Å². The van der Waals surface area contributed by atoms with Gasteiger partial charge in [-0.2, -0.15) is 0 Å². The third-order valence-electron chi connectivity index (χ3n) is 4.48. The maximum Gasteiger partial charge on any atom is 0.243 e. The lowest BCUT2D eigenvalue weighted by Gasteiger charge is -2.19. The van der Waals surface area contributed by atoms with Crippen molar-refractivity contribution in [3.63, 3.8) is 0 Å². The van der Waals surface area contributed by atoms with Crippen LogP contribution >= 0.6 is 0 Å². The minimum absolute atomic E-state index is 0.120. The van der Waals surface area contributed by atoms with E-state index < -0.39 is 0 Å². The Kier molecular flexibility index (Phi) is 3.80. The first-order chi connectivity index (χ1) is 12.1. The molecule has 0 fully saturated rings. The molecule has 0 saturated carbocycles. The first kappa shape index (κ1) is 15.5. The second-order valence-electron chi connectivity index (χ2n) is 6.16. The average Bonchev–Trinajstić information content (AvgIpc) is 3.20. The molecule has 0 unspecified atom stereocenters. The number of para-hydroxylation sites is 1. The number of hydrogen-bond acceptors (Lipinski definition) is 5. The number of carbonyl (C=O) groups is 2. The van der Waals surface area contributed by atoms with Crippen LogP contribution in [0, 0.1) is 0 Å². The molecule has 2 aliphatic rings. The van der Waals surface area contributed by atoms with E-state index in [1.54, 1.807) is 12.1 Å². The lowest BCUT2D eigenvalue weighted by molar-refractivity contribution is -0.115. The molecule has 25 heavy (non-hydrogen) atoms. The predicted molar refractivity (Wildman–Crippen MR) is 93.6 cm³/mol. The molecule has 1 amide bonds. The third kappa shape index (κ3) is 2.91. The molecule has 6 heteroatoms. The van der Waals surface area contributed by atoms with Crippen molar-refractivity contribution in [2.45, 2.75) is 13.3 Å². The standard InChI is InChI=1S/C19H18N2O4/c1-12(22)14-8-17-18(25-11-24-17)9-15(14)20-19(23)10-21-7-6-13-4-2-3-5-16(13)21/h2-5,8-9H,6-7,10-11H2,1H3,(H,20,23). The topological polar surface area (TPSA) is 67.9 Å². The zero-order valence-electron chi connectivity index (χ0n) is 13.9. The average molecular weight is 338 g/mol. The number of amides is 1. The fraction of sp³-hybridized carbons (Fsp3) is 0.263. The van der Waals surface area contributed by atoms with E-state index in [1.807, 2.05) is 23.1 Å². The molecule has 2 aromatic carbocycles. The van der Waals surface area contributed by atoms with Crippen molar-refractivity contribution in [1.29, 1.82) is 0 Å². The maximum absolute atomic E-state index is 12.5. The summed E-state index contributed by atoms with van der Waals surface area (Å²) in [6.07, 6.45) is 0.937. The summed E-state index contributed by atoms with van der Waals surface area (Å²) >= 11 is 0. The van der Waals surface area contributed by atoms with Crippen LogP contribution in [-0.4, -0.2) is 31.6 Å². The van der Waals surface area contributed by atoms with Crippen LogP contribution in [0.3, 0.4) is 0 Å². The Morgan fingerprint density at radius 2 is 1.92 bits per heavy atom. The molecule has 1 N–H and O–H groups in total. The van der Waals surface area contributed by atoms with Crippen LogP contribution in [0.1, 0.15) is 22.8 Å². The smallest absolute Gasteiger partial charge is 0.243 e. The second kappa shape index (κ2) is 6.12. The Bertz CT molecular complexity index is 862. The molecule has 4 rings (SSSR count). The lowest BCUT2D eigenvalue weighted by atomic mass is 10.1. The molecule has 0 aliphatic carbocycles. The van der Waals surface area contributed by atoms with E-state index in [9.17, 15) is 9.59 Å². The molecular weight excluding hydrogens is 320 g/mol. The molecule has 0 aromatic heterocycles. The van der Waals surface area contributed by atoms with E-state index in [0.29, 0.717) is 22.7 Å². The zero-order chi connectivity index (χ0) is 17.4. The summed E-state index contributed by atoms with van der Waals surface area (Å²) in [4.78, 5) is 26.5. The Labute approximate surface area is 145 Å². The number of nitrogens with zero attached hydrogens (tertiary/aromatic N) is 1. The molecule has 128 valence electrons. The highest BCUT2D eigenvalue weighted by molar-refractivity contribution is 6.05. The van der Waals surface area contributed by atoms with E-state index in [4.69, 9.17) is 9.47 Å². The van der Waals surface area contributed by atoms with E-state index >= 15 is 0 Å². The molecule has 0 bridgehead atoms. The van der Waals surface area contributed by atoms with E-state index in [0.717, 1.165) is 18.7 Å². The number of fused-ring (bicyclic) bond motifs is 2. The summed E-state index contributed by atoms with van der Waals surface area (Å²) in [5.41, 5.74) is 3.21. The fourth-order valence-electron chi connectivity index (χ4n) is 3.27. The zero-order valence-corrected chi connectivity index (χ0v) is 13.9. The number of carbonyl (C=O) groups excluding carboxylic acids is 2. The molecule has 2 heterocycles. The Morgan fingerprint density at radius 1 is 1.16 bits per heavy atom. The molecule has 2 aliphatic heterocycles. The van der Waals surface area contributed by atoms with Crippen molar-refractivity contribution in [2.75, 3.05) is 30.1 Å². The van der Waals surface area contributed by atoms with Crippen LogP contribution in [0.5, 0.6) is 11.5 Å². The molecule has 0 spiro atoms. The van der Waals surface area contributed by atoms with Gasteiger partial charge in [0, 0.05) is 23.9 Å². The predicted octanol–water partition coefficient (Wildman–Crippen LogP) is 2.62. The maximum atomic E-state index is 12.5. The lowest BCUT2D eigenvalue weighted by Crippen LogP contribution is -2.32. The molecule has 0 atom stereocenters. The highest BCUT2D eigenvalue weighted by Gasteiger charge is 2.23. The van der Waals surface area contributed by atoms with E-state index in [1.165, 1.54) is 12.5 Å². The van der Waals surface area contributed by atoms with Gasteiger partial charge < -0.3 is 19.7 Å². The van der Waals surface area contributed by atoms with Gasteiger partial charge in [0.05, 0.1) is 12.2 Å². The van der Waals surface area contributed by atoms with Crippen molar-refractivity contribution in [1.82, 2.24) is 0 Å². The number of anilines is 2. The van der Waals surface area contributed by atoms with Crippen molar-refractivity contribution >= 4 is 23.1 Å². The molecule has 0 saturated heterocycles. The van der Waals surface area contributed by atoms with Crippen LogP contribution in [0.15, 0.2) is 36.4 Å². The van der Waals surface area contributed by atoms with E-state index in [2.05, 4.69) is 11.4 Å². The number of benzene rings is 2. The number of ether oxygens (including phenoxy) is 2. The van der Waals surface area contributed by atoms with Gasteiger partial charge in [0.2, 0.25) is 12.7 Å². The molecule has 6 nitrogen and oxygen atoms in total. The van der Waals surface area contributed by atoms with Crippen molar-refractivity contribution < 1.29 is 19.1 Å². The van der Waals surface area contributed by atoms with Gasteiger partial charge in [-0.1, -0.05) is 18.2 Å². The number of Topliss-reactive ketones (excluding diaryl/α,β-unsaturated/α-hetero) is 1. The molecular formula is C19H18N2O4. The van der Waals surface area contributed by atoms with Gasteiger partial charge in [-0.3, -0.25) is 9.59 Å². The summed E-state index contributed by atoms with van der Waals surface area (Å²) in [6, 6.07) is 11.4. The van der Waals surface area contributed by atoms with Crippen molar-refractivity contribution in [3.05, 3.63) is 47.5 Å². The van der Waals surface area contributed by atoms with Gasteiger partial charge in [-0.25, -0.2) is 0 Å². The fourth-order valence-corrected chi connectivity index (χ4v) is 3.27. The second-order valence-corrected chi connectivity index (χ2v) is 6.16. The highest BCUT2D eigenvalue weighted by atomic mass is 16.7. The SMILES string of the molecule is CC(=O)c1cc2c(cc1NC(=O)CN1CCc3ccccc31)OCO2. The van der Waals surface area contributed by atoms with Gasteiger partial charge in [0.1, 0.15) is 0 Å². The number of nitrogens with one attached hydrogen (secondary N) is 1. The van der Waals surface area contributed by atoms with Crippen LogP contribution < -0.4 is 19.7 Å². The summed E-state index contributed by atoms with van der Waals surface area (Å²) < 4.78 is 10.6. The Balaban J connectivity index is 1.53. The van der Waals surface area contributed by atoms with Crippen molar-refractivity contribution in [3.8, 4) is 11.5 Å². The largest absolute Gasteiger partial charge is 0.454 e. The molecule has 2 aromatic rings. The Hall–Kier alpha value is -3.02. The summed E-state index contributed by atoms with van der Waals surface area (Å²) in [6.45, 7) is 2.63. The van der Waals surface area contributed by atoms with Crippen LogP contribution in [0.2, 0.25) is 0 Å². The number of ketones is 1. The Morgan fingerprint density at radius 3 is 2.72 bits per heavy atom. The van der Waals surface area contributed by atoms with Gasteiger partial charge in [-0.15, -0.1) is 0 Å². The van der Waals surface area contributed by atoms with Gasteiger partial charge in [-0.05, 0) is 31.0 Å². The van der Waals surface area contributed by atoms with Crippen LogP contribution in [0.25, 0.3) is 0 Å². The van der Waals surface area contributed by atoms with Crippen molar-refractivity contribution in [2.24, 2.45) is 0 Å². The first-order valence-corrected chi connectivity index (χ1v) is 8.19. The third-order valence-corrected chi connectivity index (χ3v) is 4.48. The minimum Gasteiger partial charge on any atom is -0.454 e. The van der Waals surface area contributed by atoms with Gasteiger partial charge >= 0.3 is 0 Å². The minimum atomic E-state index is -0.168. The summed E-state index contributed by atoms with van der Waals surface area (Å²) in [7, 11) is 0. The normalized spacial score (nSPS) is 14.4.